The molecule has 0 aliphatic heterocycles. The van der Waals surface area contributed by atoms with Gasteiger partial charge < -0.3 is 0 Å². The van der Waals surface area contributed by atoms with Crippen molar-refractivity contribution >= 4 is 12.6 Å². The molecule has 0 atom stereocenters. The zero-order chi connectivity index (χ0) is 8.48. The van der Waals surface area contributed by atoms with E-state index in [0.29, 0.717) is 0 Å². The van der Waals surface area contributed by atoms with Crippen LogP contribution >= 0.6 is 12.6 Å². The van der Waals surface area contributed by atoms with Gasteiger partial charge in [-0.3, -0.25) is 0 Å². The predicted molar refractivity (Wildman–Crippen MR) is 44.1 cm³/mol. The molecule has 0 aliphatic rings. The van der Waals surface area contributed by atoms with Crippen molar-refractivity contribution in [2.75, 3.05) is 0 Å². The molecule has 1 aromatic carbocycles. The molecule has 0 aliphatic carbocycles. The molecule has 0 fully saturated rings. The Balaban J connectivity index is 2.99. The Morgan fingerprint density at radius 2 is 1.64 bits per heavy atom. The Morgan fingerprint density at radius 3 is 2.00 bits per heavy atom. The van der Waals surface area contributed by atoms with Crippen LogP contribution in [0.15, 0.2) is 24.3 Å². The van der Waals surface area contributed by atoms with Gasteiger partial charge >= 0.3 is 5.25 Å². The standard InChI is InChI=1S/C8H8F2S/c1-6-2-4-7(5-3-6)8(9,10)11/h2-5,11H,1H3. The highest BCUT2D eigenvalue weighted by molar-refractivity contribution is 7.81. The molecule has 0 radical (unpaired) electrons. The molecule has 1 aromatic rings. The summed E-state index contributed by atoms with van der Waals surface area (Å²) in [5.74, 6) is 0. The fourth-order valence-corrected chi connectivity index (χ4v) is 0.903. The Hall–Kier alpha value is -0.570. The van der Waals surface area contributed by atoms with Gasteiger partial charge in [0.05, 0.1) is 0 Å². The van der Waals surface area contributed by atoms with Crippen molar-refractivity contribution in [1.29, 1.82) is 0 Å². The van der Waals surface area contributed by atoms with Crippen LogP contribution in [0.5, 0.6) is 0 Å². The second-order valence-electron chi connectivity index (χ2n) is 2.41. The lowest BCUT2D eigenvalue weighted by Crippen LogP contribution is -2.02. The largest absolute Gasteiger partial charge is 0.316 e. The number of alkyl halides is 2. The normalized spacial score (nSPS) is 11.6. The lowest BCUT2D eigenvalue weighted by molar-refractivity contribution is 0.108. The first kappa shape index (κ1) is 8.53. The Bertz CT molecular complexity index is 235. The summed E-state index contributed by atoms with van der Waals surface area (Å²) in [6.45, 7) is 1.85. The molecular formula is C8H8F2S. The quantitative estimate of drug-likeness (QED) is 0.622. The molecule has 0 heterocycles. The molecule has 0 nitrogen and oxygen atoms in total. The maximum absolute atomic E-state index is 12.5. The molecule has 1 rings (SSSR count). The Morgan fingerprint density at radius 1 is 1.18 bits per heavy atom. The van der Waals surface area contributed by atoms with E-state index in [1.54, 1.807) is 12.1 Å². The minimum Gasteiger partial charge on any atom is -0.189 e. The van der Waals surface area contributed by atoms with Crippen LogP contribution in [0.1, 0.15) is 11.1 Å². The third kappa shape index (κ3) is 2.19. The second-order valence-corrected chi connectivity index (χ2v) is 2.97. The van der Waals surface area contributed by atoms with Gasteiger partial charge in [0.1, 0.15) is 0 Å². The van der Waals surface area contributed by atoms with Crippen LogP contribution in [-0.4, -0.2) is 0 Å². The topological polar surface area (TPSA) is 0 Å². The first-order valence-electron chi connectivity index (χ1n) is 3.17. The maximum atomic E-state index is 12.5. The van der Waals surface area contributed by atoms with Crippen molar-refractivity contribution in [3.63, 3.8) is 0 Å². The van der Waals surface area contributed by atoms with E-state index in [0.717, 1.165) is 5.56 Å². The van der Waals surface area contributed by atoms with E-state index in [-0.39, 0.29) is 5.56 Å². The van der Waals surface area contributed by atoms with Gasteiger partial charge in [0, 0.05) is 5.56 Å². The molecule has 0 bridgehead atoms. The fourth-order valence-electron chi connectivity index (χ4n) is 0.754. The minimum atomic E-state index is -3.02. The van der Waals surface area contributed by atoms with Gasteiger partial charge in [0.15, 0.2) is 0 Å². The molecule has 3 heteroatoms. The second kappa shape index (κ2) is 2.81. The van der Waals surface area contributed by atoms with Crippen molar-refractivity contribution < 1.29 is 8.78 Å². The summed E-state index contributed by atoms with van der Waals surface area (Å²) in [6, 6.07) is 6.03. The Kier molecular flexibility index (Phi) is 2.18. The number of hydrogen-bond donors (Lipinski definition) is 1. The van der Waals surface area contributed by atoms with Crippen molar-refractivity contribution in [2.24, 2.45) is 0 Å². The SMILES string of the molecule is Cc1ccc(C(F)(F)S)cc1. The third-order valence-corrected chi connectivity index (χ3v) is 1.66. The van der Waals surface area contributed by atoms with E-state index >= 15 is 0 Å². The molecule has 0 saturated carbocycles. The lowest BCUT2D eigenvalue weighted by Gasteiger charge is -2.08. The van der Waals surface area contributed by atoms with Gasteiger partial charge in [0.2, 0.25) is 0 Å². The van der Waals surface area contributed by atoms with Crippen molar-refractivity contribution in [2.45, 2.75) is 12.2 Å². The lowest BCUT2D eigenvalue weighted by atomic mass is 10.2. The summed E-state index contributed by atoms with van der Waals surface area (Å²) in [5, 5.41) is -3.02. The molecule has 11 heavy (non-hydrogen) atoms. The average molecular weight is 174 g/mol. The van der Waals surface area contributed by atoms with E-state index in [4.69, 9.17) is 0 Å². The molecule has 0 aromatic heterocycles. The summed E-state index contributed by atoms with van der Waals surface area (Å²) in [4.78, 5) is 0. The fraction of sp³-hybridized carbons (Fsp3) is 0.250. The highest BCUT2D eigenvalue weighted by atomic mass is 32.1. The van der Waals surface area contributed by atoms with E-state index < -0.39 is 5.25 Å². The van der Waals surface area contributed by atoms with Gasteiger partial charge in [-0.25, -0.2) is 0 Å². The van der Waals surface area contributed by atoms with Crippen LogP contribution in [-0.2, 0) is 5.25 Å². The Labute approximate surface area is 69.6 Å². The third-order valence-electron chi connectivity index (χ3n) is 1.40. The smallest absolute Gasteiger partial charge is 0.189 e. The van der Waals surface area contributed by atoms with Crippen LogP contribution in [0.25, 0.3) is 0 Å². The summed E-state index contributed by atoms with van der Waals surface area (Å²) in [7, 11) is 0. The summed E-state index contributed by atoms with van der Waals surface area (Å²) in [5.41, 5.74) is 0.901. The van der Waals surface area contributed by atoms with E-state index in [9.17, 15) is 8.78 Å². The zero-order valence-corrected chi connectivity index (χ0v) is 6.91. The summed E-state index contributed by atoms with van der Waals surface area (Å²) in [6.07, 6.45) is 0. The predicted octanol–water partition coefficient (Wildman–Crippen LogP) is 2.97. The number of benzene rings is 1. The summed E-state index contributed by atoms with van der Waals surface area (Å²) < 4.78 is 24.9. The van der Waals surface area contributed by atoms with Crippen molar-refractivity contribution in [3.8, 4) is 0 Å². The van der Waals surface area contributed by atoms with Gasteiger partial charge in [-0.2, -0.15) is 8.78 Å². The molecule has 60 valence electrons. The maximum Gasteiger partial charge on any atom is 0.316 e. The van der Waals surface area contributed by atoms with E-state index in [1.165, 1.54) is 12.1 Å². The van der Waals surface area contributed by atoms with Gasteiger partial charge in [-0.05, 0) is 6.92 Å². The van der Waals surface area contributed by atoms with Crippen molar-refractivity contribution in [3.05, 3.63) is 35.4 Å². The van der Waals surface area contributed by atoms with Gasteiger partial charge in [0.25, 0.3) is 0 Å². The molecule has 0 unspecified atom stereocenters. The van der Waals surface area contributed by atoms with Crippen LogP contribution in [0, 0.1) is 6.92 Å². The molecule has 0 spiro atoms. The summed E-state index contributed by atoms with van der Waals surface area (Å²) >= 11 is 3.15. The number of aryl methyl sites for hydroxylation is 1. The average Bonchev–Trinajstić information content (AvgIpc) is 1.86. The number of hydrogen-bond acceptors (Lipinski definition) is 1. The van der Waals surface area contributed by atoms with Crippen LogP contribution in [0.2, 0.25) is 0 Å². The van der Waals surface area contributed by atoms with Crippen LogP contribution < -0.4 is 0 Å². The van der Waals surface area contributed by atoms with Crippen LogP contribution in [0.3, 0.4) is 0 Å². The first-order valence-corrected chi connectivity index (χ1v) is 3.62. The molecular weight excluding hydrogens is 166 g/mol. The van der Waals surface area contributed by atoms with Gasteiger partial charge in [-0.1, -0.05) is 29.8 Å². The first-order chi connectivity index (χ1) is 5.00. The highest BCUT2D eigenvalue weighted by Crippen LogP contribution is 2.31. The van der Waals surface area contributed by atoms with E-state index in [2.05, 4.69) is 12.6 Å². The van der Waals surface area contributed by atoms with E-state index in [1.807, 2.05) is 6.92 Å². The molecule has 0 amide bonds. The van der Waals surface area contributed by atoms with Crippen LogP contribution in [0.4, 0.5) is 8.78 Å². The number of rotatable bonds is 1. The molecule has 0 N–H and O–H groups in total. The number of thiol groups is 1. The van der Waals surface area contributed by atoms with Gasteiger partial charge in [-0.15, -0.1) is 12.6 Å². The minimum absolute atomic E-state index is 0.0635. The highest BCUT2D eigenvalue weighted by Gasteiger charge is 2.24. The van der Waals surface area contributed by atoms with Crippen molar-refractivity contribution in [1.82, 2.24) is 0 Å². The number of halogens is 2. The zero-order valence-electron chi connectivity index (χ0n) is 6.01. The molecule has 0 saturated heterocycles. The monoisotopic (exact) mass is 174 g/mol.